The van der Waals surface area contributed by atoms with Gasteiger partial charge in [-0.05, 0) is 33.3 Å². The Morgan fingerprint density at radius 1 is 1.25 bits per heavy atom. The molecule has 0 bridgehead atoms. The number of nitrogens with zero attached hydrogens (tertiary/aromatic N) is 2. The summed E-state index contributed by atoms with van der Waals surface area (Å²) in [6, 6.07) is 9.53. The Balaban J connectivity index is 1.90. The van der Waals surface area contributed by atoms with Crippen molar-refractivity contribution in [3.63, 3.8) is 0 Å². The van der Waals surface area contributed by atoms with Gasteiger partial charge < -0.3 is 24.8 Å². The highest BCUT2D eigenvalue weighted by molar-refractivity contribution is 5.68. The van der Waals surface area contributed by atoms with E-state index in [1.54, 1.807) is 27.0 Å². The molecule has 0 radical (unpaired) electrons. The van der Waals surface area contributed by atoms with Crippen LogP contribution in [0.4, 0.5) is 9.59 Å². The maximum absolute atomic E-state index is 11.9. The molecule has 1 heterocycles. The monoisotopic (exact) mass is 391 g/mol. The molecule has 1 atom stereocenters. The van der Waals surface area contributed by atoms with E-state index in [9.17, 15) is 14.7 Å². The fourth-order valence-electron chi connectivity index (χ4n) is 2.72. The largest absolute Gasteiger partial charge is 0.465 e. The highest BCUT2D eigenvalue weighted by Crippen LogP contribution is 2.21. The van der Waals surface area contributed by atoms with Gasteiger partial charge in [0.25, 0.3) is 0 Å². The molecule has 2 rings (SSSR count). The lowest BCUT2D eigenvalue weighted by atomic mass is 10.2. The number of amides is 2. The maximum atomic E-state index is 11.9. The maximum Gasteiger partial charge on any atom is 0.412 e. The second kappa shape index (κ2) is 9.45. The highest BCUT2D eigenvalue weighted by atomic mass is 16.6. The van der Waals surface area contributed by atoms with E-state index in [4.69, 9.17) is 9.47 Å². The average molecular weight is 391 g/mol. The summed E-state index contributed by atoms with van der Waals surface area (Å²) in [6.45, 7) is 8.12. The Kier molecular flexibility index (Phi) is 7.28. The molecule has 0 saturated carbocycles. The zero-order valence-corrected chi connectivity index (χ0v) is 16.8. The van der Waals surface area contributed by atoms with E-state index >= 15 is 0 Å². The number of hydrogen-bond acceptors (Lipinski definition) is 5. The molecule has 8 nitrogen and oxygen atoms in total. The fourth-order valence-corrected chi connectivity index (χ4v) is 2.72. The van der Waals surface area contributed by atoms with Crippen molar-refractivity contribution in [3.05, 3.63) is 47.8 Å². The van der Waals surface area contributed by atoms with Crippen LogP contribution in [0.3, 0.4) is 0 Å². The van der Waals surface area contributed by atoms with Crippen molar-refractivity contribution < 1.29 is 24.2 Å². The van der Waals surface area contributed by atoms with E-state index in [-0.39, 0.29) is 19.4 Å². The van der Waals surface area contributed by atoms with Gasteiger partial charge in [0.05, 0.1) is 6.61 Å². The Bertz CT molecular complexity index is 700. The first-order chi connectivity index (χ1) is 13.1. The fraction of sp³-hybridized carbons (Fsp3) is 0.500. The van der Waals surface area contributed by atoms with Crippen molar-refractivity contribution in [1.29, 1.82) is 0 Å². The van der Waals surface area contributed by atoms with Crippen molar-refractivity contribution in [1.82, 2.24) is 15.1 Å². The van der Waals surface area contributed by atoms with E-state index in [0.29, 0.717) is 13.0 Å². The van der Waals surface area contributed by atoms with Crippen LogP contribution < -0.4 is 5.32 Å². The normalized spacial score (nSPS) is 15.2. The molecule has 0 saturated heterocycles. The van der Waals surface area contributed by atoms with Crippen LogP contribution >= 0.6 is 0 Å². The number of carbonyl (C=O) groups excluding carboxylic acids is 1. The highest BCUT2D eigenvalue weighted by Gasteiger charge is 2.27. The van der Waals surface area contributed by atoms with Crippen LogP contribution in [-0.2, 0) is 16.1 Å². The van der Waals surface area contributed by atoms with Gasteiger partial charge in [0, 0.05) is 24.4 Å². The Morgan fingerprint density at radius 2 is 1.93 bits per heavy atom. The number of benzene rings is 1. The van der Waals surface area contributed by atoms with E-state index < -0.39 is 17.8 Å². The molecule has 0 fully saturated rings. The van der Waals surface area contributed by atoms with Gasteiger partial charge in [0.15, 0.2) is 0 Å². The summed E-state index contributed by atoms with van der Waals surface area (Å²) in [5, 5.41) is 12.1. The van der Waals surface area contributed by atoms with Gasteiger partial charge in [-0.2, -0.15) is 0 Å². The van der Waals surface area contributed by atoms with E-state index in [1.165, 1.54) is 4.90 Å². The van der Waals surface area contributed by atoms with Crippen LogP contribution in [-0.4, -0.2) is 52.1 Å². The minimum Gasteiger partial charge on any atom is -0.465 e. The minimum atomic E-state index is -1.03. The minimum absolute atomic E-state index is 0.193. The molecule has 1 aliphatic heterocycles. The summed E-state index contributed by atoms with van der Waals surface area (Å²) < 4.78 is 11.0. The molecular weight excluding hydrogens is 362 g/mol. The van der Waals surface area contributed by atoms with Crippen LogP contribution in [0.25, 0.3) is 0 Å². The molecule has 1 aliphatic rings. The molecule has 2 amide bonds. The van der Waals surface area contributed by atoms with Crippen LogP contribution in [0, 0.1) is 0 Å². The first kappa shape index (κ1) is 21.6. The van der Waals surface area contributed by atoms with Crippen molar-refractivity contribution in [3.8, 4) is 0 Å². The lowest BCUT2D eigenvalue weighted by Gasteiger charge is -2.25. The predicted octanol–water partition coefficient (Wildman–Crippen LogP) is 3.56. The first-order valence-electron chi connectivity index (χ1n) is 9.20. The smallest absolute Gasteiger partial charge is 0.412 e. The van der Waals surface area contributed by atoms with Crippen LogP contribution in [0.2, 0.25) is 0 Å². The van der Waals surface area contributed by atoms with Crippen molar-refractivity contribution in [2.24, 2.45) is 0 Å². The van der Waals surface area contributed by atoms with Crippen LogP contribution in [0.5, 0.6) is 0 Å². The van der Waals surface area contributed by atoms with E-state index in [2.05, 4.69) is 5.32 Å². The van der Waals surface area contributed by atoms with Crippen molar-refractivity contribution in [2.45, 2.75) is 52.4 Å². The van der Waals surface area contributed by atoms with E-state index in [1.807, 2.05) is 42.2 Å². The summed E-state index contributed by atoms with van der Waals surface area (Å²) in [6.07, 6.45) is 0.496. The van der Waals surface area contributed by atoms with Crippen molar-refractivity contribution >= 4 is 12.2 Å². The third-order valence-corrected chi connectivity index (χ3v) is 3.92. The summed E-state index contributed by atoms with van der Waals surface area (Å²) in [5.74, 6) is 0. The molecule has 28 heavy (non-hydrogen) atoms. The lowest BCUT2D eigenvalue weighted by Crippen LogP contribution is -2.39. The van der Waals surface area contributed by atoms with E-state index in [0.717, 1.165) is 11.3 Å². The Hall–Kier alpha value is -2.74. The summed E-state index contributed by atoms with van der Waals surface area (Å²) in [7, 11) is 0. The van der Waals surface area contributed by atoms with Crippen molar-refractivity contribution in [2.75, 3.05) is 13.4 Å². The number of carbonyl (C=O) groups is 2. The van der Waals surface area contributed by atoms with Crippen LogP contribution in [0.1, 0.15) is 39.7 Å². The summed E-state index contributed by atoms with van der Waals surface area (Å²) >= 11 is 0. The van der Waals surface area contributed by atoms with Gasteiger partial charge in [-0.3, -0.25) is 4.90 Å². The number of nitrogens with one attached hydrogen (secondary N) is 1. The van der Waals surface area contributed by atoms with Gasteiger partial charge in [-0.1, -0.05) is 30.3 Å². The third kappa shape index (κ3) is 7.11. The number of hydrogen-bond donors (Lipinski definition) is 2. The molecule has 8 heteroatoms. The molecule has 0 spiro atoms. The quantitative estimate of drug-likeness (QED) is 0.738. The summed E-state index contributed by atoms with van der Waals surface area (Å²) in [4.78, 5) is 26.3. The molecule has 1 aromatic rings. The van der Waals surface area contributed by atoms with Gasteiger partial charge in [-0.25, -0.2) is 9.59 Å². The first-order valence-corrected chi connectivity index (χ1v) is 9.20. The predicted molar refractivity (Wildman–Crippen MR) is 104 cm³/mol. The number of ether oxygens (including phenoxy) is 2. The standard InChI is InChI=1S/C20H29N3O5/c1-15(21-18(24)28-20(2,3)4)10-17-11-22(19(25)26)13-23(17)14-27-12-16-8-6-5-7-9-16/h5-9,11,15H,10,12-14H2,1-4H3,(H,21,24)(H,25,26)/t15-/m1/s1. The molecule has 0 aromatic heterocycles. The Morgan fingerprint density at radius 3 is 2.54 bits per heavy atom. The number of rotatable bonds is 7. The zero-order valence-electron chi connectivity index (χ0n) is 16.8. The SMILES string of the molecule is C[C@H](CC1=CN(C(=O)O)CN1COCc1ccccc1)NC(=O)OC(C)(C)C. The third-order valence-electron chi connectivity index (χ3n) is 3.92. The van der Waals surface area contributed by atoms with Gasteiger partial charge in [-0.15, -0.1) is 0 Å². The zero-order chi connectivity index (χ0) is 20.7. The van der Waals surface area contributed by atoms with Crippen LogP contribution in [0.15, 0.2) is 42.2 Å². The van der Waals surface area contributed by atoms with Gasteiger partial charge in [0.1, 0.15) is 19.0 Å². The number of alkyl carbamates (subject to hydrolysis) is 1. The molecule has 0 aliphatic carbocycles. The molecule has 0 unspecified atom stereocenters. The molecule has 154 valence electrons. The molecule has 2 N–H and O–H groups in total. The second-order valence-corrected chi connectivity index (χ2v) is 7.77. The summed E-state index contributed by atoms with van der Waals surface area (Å²) in [5.41, 5.74) is 1.25. The Labute approximate surface area is 165 Å². The lowest BCUT2D eigenvalue weighted by molar-refractivity contribution is 0.0271. The average Bonchev–Trinajstić information content (AvgIpc) is 2.97. The number of carboxylic acid groups (broad SMARTS) is 1. The van der Waals surface area contributed by atoms with Gasteiger partial charge in [0.2, 0.25) is 0 Å². The van der Waals surface area contributed by atoms with Gasteiger partial charge >= 0.3 is 12.2 Å². The molecule has 1 aromatic carbocycles. The topological polar surface area (TPSA) is 91.3 Å². The molecular formula is C20H29N3O5. The second-order valence-electron chi connectivity index (χ2n) is 7.77.